The molecule has 4 rings (SSSR count). The van der Waals surface area contributed by atoms with Crippen LogP contribution in [0.15, 0.2) is 42.5 Å². The smallest absolute Gasteiger partial charge is 0.318 e. The number of fused-ring (bicyclic) bond motifs is 1. The van der Waals surface area contributed by atoms with Crippen LogP contribution in [0.25, 0.3) is 0 Å². The number of amides is 1. The van der Waals surface area contributed by atoms with Crippen LogP contribution in [0.1, 0.15) is 43.8 Å². The van der Waals surface area contributed by atoms with E-state index < -0.39 is 18.0 Å². The van der Waals surface area contributed by atoms with Crippen molar-refractivity contribution < 1.29 is 19.1 Å². The van der Waals surface area contributed by atoms with Crippen LogP contribution in [0.4, 0.5) is 0 Å². The lowest BCUT2D eigenvalue weighted by Crippen LogP contribution is -2.41. The molecule has 0 aromatic heterocycles. The Balaban J connectivity index is 1.55. The average Bonchev–Trinajstić information content (AvgIpc) is 3.26. The molecule has 27 heavy (non-hydrogen) atoms. The SMILES string of the molecule is O=C1C[C@H]2CC=C[C@H]2C1C(=O)O[C@@H](C(=O)N1CCCCC1)c1ccccc1. The van der Waals surface area contributed by atoms with Crippen LogP contribution in [-0.2, 0) is 19.1 Å². The zero-order valence-electron chi connectivity index (χ0n) is 15.4. The second kappa shape index (κ2) is 7.67. The fraction of sp³-hybridized carbons (Fsp3) is 0.500. The Bertz CT molecular complexity index is 751. The number of hydrogen-bond donors (Lipinski definition) is 0. The van der Waals surface area contributed by atoms with Gasteiger partial charge in [0.15, 0.2) is 0 Å². The van der Waals surface area contributed by atoms with E-state index in [0.29, 0.717) is 25.1 Å². The largest absolute Gasteiger partial charge is 0.447 e. The van der Waals surface area contributed by atoms with Gasteiger partial charge in [-0.1, -0.05) is 42.5 Å². The van der Waals surface area contributed by atoms with Gasteiger partial charge in [-0.15, -0.1) is 0 Å². The van der Waals surface area contributed by atoms with Crippen molar-refractivity contribution in [3.05, 3.63) is 48.0 Å². The molecular weight excluding hydrogens is 342 g/mol. The van der Waals surface area contributed by atoms with Gasteiger partial charge in [0.1, 0.15) is 11.7 Å². The number of hydrogen-bond acceptors (Lipinski definition) is 4. The number of carbonyl (C=O) groups excluding carboxylic acids is 3. The third-order valence-electron chi connectivity index (χ3n) is 6.02. The third-order valence-corrected chi connectivity index (χ3v) is 6.02. The molecule has 1 aromatic carbocycles. The van der Waals surface area contributed by atoms with Crippen LogP contribution >= 0.6 is 0 Å². The van der Waals surface area contributed by atoms with Crippen molar-refractivity contribution in [3.8, 4) is 0 Å². The first kappa shape index (κ1) is 18.0. The van der Waals surface area contributed by atoms with Gasteiger partial charge in [0.2, 0.25) is 6.10 Å². The molecule has 1 aliphatic heterocycles. The maximum atomic E-state index is 13.1. The molecule has 5 nitrogen and oxygen atoms in total. The Morgan fingerprint density at radius 2 is 1.81 bits per heavy atom. The maximum Gasteiger partial charge on any atom is 0.318 e. The molecular formula is C22H25NO4. The van der Waals surface area contributed by atoms with E-state index in [1.165, 1.54) is 0 Å². The summed E-state index contributed by atoms with van der Waals surface area (Å²) < 4.78 is 5.73. The first-order valence-corrected chi connectivity index (χ1v) is 9.89. The summed E-state index contributed by atoms with van der Waals surface area (Å²) in [6.45, 7) is 1.38. The first-order chi connectivity index (χ1) is 13.1. The summed E-state index contributed by atoms with van der Waals surface area (Å²) in [5.41, 5.74) is 0.658. The number of ether oxygens (including phenoxy) is 1. The van der Waals surface area contributed by atoms with Gasteiger partial charge in [0, 0.05) is 31.0 Å². The van der Waals surface area contributed by atoms with Crippen molar-refractivity contribution in [2.75, 3.05) is 13.1 Å². The standard InChI is InChI=1S/C22H25NO4/c24-18-14-16-10-7-11-17(16)19(18)22(26)27-20(15-8-3-1-4-9-15)21(25)23-12-5-2-6-13-23/h1,3-4,7-9,11,16-17,19-20H,2,5-6,10,12-14H2/t16-,17-,19?,20-/m1/s1. The molecule has 4 atom stereocenters. The lowest BCUT2D eigenvalue weighted by molar-refractivity contribution is -0.166. The zero-order chi connectivity index (χ0) is 18.8. The Kier molecular flexibility index (Phi) is 5.10. The van der Waals surface area contributed by atoms with Gasteiger partial charge >= 0.3 is 5.97 Å². The minimum absolute atomic E-state index is 0.0587. The van der Waals surface area contributed by atoms with Crippen molar-refractivity contribution in [2.24, 2.45) is 17.8 Å². The fourth-order valence-electron chi connectivity index (χ4n) is 4.57. The summed E-state index contributed by atoms with van der Waals surface area (Å²) in [6.07, 6.45) is 7.34. The lowest BCUT2D eigenvalue weighted by atomic mass is 9.92. The summed E-state index contributed by atoms with van der Waals surface area (Å²) in [5, 5.41) is 0. The van der Waals surface area contributed by atoms with Crippen LogP contribution in [0.3, 0.4) is 0 Å². The molecule has 1 aromatic rings. The van der Waals surface area contributed by atoms with Crippen molar-refractivity contribution in [1.82, 2.24) is 4.90 Å². The lowest BCUT2D eigenvalue weighted by Gasteiger charge is -2.31. The van der Waals surface area contributed by atoms with Crippen LogP contribution < -0.4 is 0 Å². The number of allylic oxidation sites excluding steroid dienone is 2. The van der Waals surface area contributed by atoms with Crippen molar-refractivity contribution in [2.45, 2.75) is 38.2 Å². The van der Waals surface area contributed by atoms with Gasteiger partial charge in [0.25, 0.3) is 5.91 Å². The van der Waals surface area contributed by atoms with E-state index in [0.717, 1.165) is 25.7 Å². The fourth-order valence-corrected chi connectivity index (χ4v) is 4.57. The molecule has 0 spiro atoms. The first-order valence-electron chi connectivity index (χ1n) is 9.89. The highest BCUT2D eigenvalue weighted by Crippen LogP contribution is 2.42. The number of piperidine rings is 1. The van der Waals surface area contributed by atoms with Crippen molar-refractivity contribution in [3.63, 3.8) is 0 Å². The number of ketones is 1. The quantitative estimate of drug-likeness (QED) is 0.466. The molecule has 2 aliphatic carbocycles. The molecule has 0 radical (unpaired) electrons. The molecule has 1 unspecified atom stereocenters. The van der Waals surface area contributed by atoms with E-state index >= 15 is 0 Å². The highest BCUT2D eigenvalue weighted by Gasteiger charge is 2.48. The molecule has 5 heteroatoms. The Morgan fingerprint density at radius 3 is 2.56 bits per heavy atom. The summed E-state index contributed by atoms with van der Waals surface area (Å²) in [5.74, 6) is -1.43. The summed E-state index contributed by atoms with van der Waals surface area (Å²) in [6, 6.07) is 9.12. The molecule has 1 heterocycles. The van der Waals surface area contributed by atoms with Crippen LogP contribution in [0, 0.1) is 17.8 Å². The minimum Gasteiger partial charge on any atom is -0.447 e. The molecule has 0 bridgehead atoms. The van der Waals surface area contributed by atoms with E-state index in [-0.39, 0.29) is 23.5 Å². The third kappa shape index (κ3) is 3.55. The van der Waals surface area contributed by atoms with E-state index in [1.54, 1.807) is 17.0 Å². The maximum absolute atomic E-state index is 13.1. The number of carbonyl (C=O) groups is 3. The molecule has 142 valence electrons. The molecule has 1 saturated carbocycles. The minimum atomic E-state index is -0.978. The Labute approximate surface area is 159 Å². The van der Waals surface area contributed by atoms with Gasteiger partial charge in [-0.2, -0.15) is 0 Å². The van der Waals surface area contributed by atoms with Gasteiger partial charge in [-0.05, 0) is 31.6 Å². The van der Waals surface area contributed by atoms with Crippen molar-refractivity contribution in [1.29, 1.82) is 0 Å². The van der Waals surface area contributed by atoms with Gasteiger partial charge in [-0.3, -0.25) is 14.4 Å². The average molecular weight is 367 g/mol. The van der Waals surface area contributed by atoms with Crippen LogP contribution in [-0.4, -0.2) is 35.6 Å². The number of nitrogens with zero attached hydrogens (tertiary/aromatic N) is 1. The summed E-state index contributed by atoms with van der Waals surface area (Å²) >= 11 is 0. The summed E-state index contributed by atoms with van der Waals surface area (Å²) in [4.78, 5) is 40.2. The number of benzene rings is 1. The predicted molar refractivity (Wildman–Crippen MR) is 99.6 cm³/mol. The molecule has 3 aliphatic rings. The van der Waals surface area contributed by atoms with Gasteiger partial charge in [0.05, 0.1) is 0 Å². The van der Waals surface area contributed by atoms with E-state index in [4.69, 9.17) is 4.74 Å². The van der Waals surface area contributed by atoms with E-state index in [2.05, 4.69) is 0 Å². The second-order valence-electron chi connectivity index (χ2n) is 7.76. The van der Waals surface area contributed by atoms with Crippen LogP contribution in [0.2, 0.25) is 0 Å². The molecule has 1 amide bonds. The van der Waals surface area contributed by atoms with Gasteiger partial charge < -0.3 is 9.64 Å². The van der Waals surface area contributed by atoms with Crippen LogP contribution in [0.5, 0.6) is 0 Å². The van der Waals surface area contributed by atoms with Gasteiger partial charge in [-0.25, -0.2) is 0 Å². The molecule has 0 N–H and O–H groups in total. The highest BCUT2D eigenvalue weighted by molar-refractivity contribution is 6.02. The monoisotopic (exact) mass is 367 g/mol. The van der Waals surface area contributed by atoms with E-state index in [9.17, 15) is 14.4 Å². The molecule has 2 fully saturated rings. The second-order valence-corrected chi connectivity index (χ2v) is 7.76. The number of Topliss-reactive ketones (excluding diaryl/α,β-unsaturated/α-hetero) is 1. The Hall–Kier alpha value is -2.43. The zero-order valence-corrected chi connectivity index (χ0v) is 15.4. The highest BCUT2D eigenvalue weighted by atomic mass is 16.5. The predicted octanol–water partition coefficient (Wildman–Crippen LogP) is 3.06. The topological polar surface area (TPSA) is 63.7 Å². The number of rotatable bonds is 4. The normalized spacial score (nSPS) is 28.1. The Morgan fingerprint density at radius 1 is 1.07 bits per heavy atom. The number of esters is 1. The van der Waals surface area contributed by atoms with E-state index in [1.807, 2.05) is 30.4 Å². The molecule has 1 saturated heterocycles. The number of likely N-dealkylation sites (tertiary alicyclic amines) is 1. The summed E-state index contributed by atoms with van der Waals surface area (Å²) in [7, 11) is 0. The van der Waals surface area contributed by atoms with Crippen molar-refractivity contribution >= 4 is 17.7 Å².